The van der Waals surface area contributed by atoms with Crippen LogP contribution >= 0.6 is 0 Å². The van der Waals surface area contributed by atoms with Gasteiger partial charge in [0.25, 0.3) is 0 Å². The molecule has 126 valence electrons. The summed E-state index contributed by atoms with van der Waals surface area (Å²) in [7, 11) is 0. The number of rotatable bonds is 3. The number of nitrogens with one attached hydrogen (secondary N) is 1. The summed E-state index contributed by atoms with van der Waals surface area (Å²) >= 11 is 0. The van der Waals surface area contributed by atoms with Gasteiger partial charge in [-0.1, -0.05) is 31.2 Å². The molecule has 0 radical (unpaired) electrons. The van der Waals surface area contributed by atoms with Gasteiger partial charge < -0.3 is 15.0 Å². The maximum Gasteiger partial charge on any atom is 0.142 e. The fourth-order valence-electron chi connectivity index (χ4n) is 3.65. The van der Waals surface area contributed by atoms with Gasteiger partial charge in [-0.05, 0) is 48.6 Å². The van der Waals surface area contributed by atoms with E-state index in [0.717, 1.165) is 30.3 Å². The van der Waals surface area contributed by atoms with Crippen molar-refractivity contribution in [3.63, 3.8) is 0 Å². The average Bonchev–Trinajstić information content (AvgIpc) is 2.63. The Morgan fingerprint density at radius 2 is 1.79 bits per heavy atom. The van der Waals surface area contributed by atoms with Crippen LogP contribution < -0.4 is 15.0 Å². The Bertz CT molecular complexity index is 674. The molecule has 0 saturated carbocycles. The second kappa shape index (κ2) is 6.76. The first kappa shape index (κ1) is 15.4. The maximum absolute atomic E-state index is 6.12. The monoisotopic (exact) mass is 322 g/mol. The standard InChI is InChI=1S/C21H26N2O/c1-16-10-12-23(13-11-16)18-8-6-17(7-9-18)14-19-15-22-20-4-2-3-5-21(20)24-19/h2-9,16,19,22H,10-15H2,1H3. The predicted molar refractivity (Wildman–Crippen MR) is 100 cm³/mol. The summed E-state index contributed by atoms with van der Waals surface area (Å²) in [6.07, 6.45) is 3.76. The van der Waals surface area contributed by atoms with Crippen LogP contribution in [0.15, 0.2) is 48.5 Å². The minimum absolute atomic E-state index is 0.196. The van der Waals surface area contributed by atoms with Crippen molar-refractivity contribution in [2.75, 3.05) is 29.9 Å². The highest BCUT2D eigenvalue weighted by Gasteiger charge is 2.20. The summed E-state index contributed by atoms with van der Waals surface area (Å²) in [5.41, 5.74) is 3.80. The third-order valence-corrected chi connectivity index (χ3v) is 5.25. The normalized spacial score (nSPS) is 20.9. The fourth-order valence-corrected chi connectivity index (χ4v) is 3.65. The lowest BCUT2D eigenvalue weighted by Crippen LogP contribution is -2.33. The summed E-state index contributed by atoms with van der Waals surface area (Å²) in [5, 5.41) is 3.47. The lowest BCUT2D eigenvalue weighted by molar-refractivity contribution is 0.206. The topological polar surface area (TPSA) is 24.5 Å². The van der Waals surface area contributed by atoms with Crippen LogP contribution in [0.4, 0.5) is 11.4 Å². The van der Waals surface area contributed by atoms with E-state index in [-0.39, 0.29) is 6.10 Å². The number of para-hydroxylation sites is 2. The van der Waals surface area contributed by atoms with E-state index in [1.54, 1.807) is 0 Å². The minimum atomic E-state index is 0.196. The zero-order valence-electron chi connectivity index (χ0n) is 14.4. The van der Waals surface area contributed by atoms with Crippen molar-refractivity contribution in [1.29, 1.82) is 0 Å². The summed E-state index contributed by atoms with van der Waals surface area (Å²) in [6.45, 7) is 5.60. The van der Waals surface area contributed by atoms with Gasteiger partial charge in [0.2, 0.25) is 0 Å². The second-order valence-corrected chi connectivity index (χ2v) is 7.16. The largest absolute Gasteiger partial charge is 0.486 e. The van der Waals surface area contributed by atoms with E-state index < -0.39 is 0 Å². The molecule has 1 unspecified atom stereocenters. The number of benzene rings is 2. The molecule has 3 nitrogen and oxygen atoms in total. The molecule has 3 heteroatoms. The summed E-state index contributed by atoms with van der Waals surface area (Å²) in [5.74, 6) is 1.84. The molecule has 1 fully saturated rings. The summed E-state index contributed by atoms with van der Waals surface area (Å²) in [4.78, 5) is 2.51. The van der Waals surface area contributed by atoms with Crippen LogP contribution in [0.2, 0.25) is 0 Å². The van der Waals surface area contributed by atoms with Gasteiger partial charge in [0.15, 0.2) is 0 Å². The quantitative estimate of drug-likeness (QED) is 0.910. The fraction of sp³-hybridized carbons (Fsp3) is 0.429. The number of piperidine rings is 1. The average molecular weight is 322 g/mol. The first-order valence-corrected chi connectivity index (χ1v) is 9.11. The van der Waals surface area contributed by atoms with Crippen LogP contribution in [-0.4, -0.2) is 25.7 Å². The molecule has 0 spiro atoms. The molecule has 1 N–H and O–H groups in total. The molecule has 2 heterocycles. The molecule has 2 aliphatic heterocycles. The van der Waals surface area contributed by atoms with Crippen molar-refractivity contribution in [2.45, 2.75) is 32.3 Å². The molecule has 1 saturated heterocycles. The van der Waals surface area contributed by atoms with Crippen molar-refractivity contribution in [3.05, 3.63) is 54.1 Å². The number of hydrogen-bond acceptors (Lipinski definition) is 3. The van der Waals surface area contributed by atoms with E-state index in [1.165, 1.54) is 37.2 Å². The van der Waals surface area contributed by atoms with Crippen molar-refractivity contribution < 1.29 is 4.74 Å². The van der Waals surface area contributed by atoms with Crippen molar-refractivity contribution >= 4 is 11.4 Å². The van der Waals surface area contributed by atoms with E-state index in [1.807, 2.05) is 18.2 Å². The van der Waals surface area contributed by atoms with Gasteiger partial charge in [-0.25, -0.2) is 0 Å². The number of fused-ring (bicyclic) bond motifs is 1. The van der Waals surface area contributed by atoms with Gasteiger partial charge in [0.05, 0.1) is 12.2 Å². The van der Waals surface area contributed by atoms with Crippen LogP contribution in [-0.2, 0) is 6.42 Å². The molecule has 0 amide bonds. The third-order valence-electron chi connectivity index (χ3n) is 5.25. The summed E-state index contributed by atoms with van der Waals surface area (Å²) in [6, 6.07) is 17.2. The Hall–Kier alpha value is -2.16. The maximum atomic E-state index is 6.12. The molecular formula is C21H26N2O. The number of ether oxygens (including phenoxy) is 1. The van der Waals surface area contributed by atoms with E-state index in [0.29, 0.717) is 0 Å². The SMILES string of the molecule is CC1CCN(c2ccc(CC3CNc4ccccc4O3)cc2)CC1. The van der Waals surface area contributed by atoms with E-state index in [4.69, 9.17) is 4.74 Å². The number of hydrogen-bond donors (Lipinski definition) is 1. The van der Waals surface area contributed by atoms with Crippen LogP contribution in [0.5, 0.6) is 5.75 Å². The van der Waals surface area contributed by atoms with E-state index in [9.17, 15) is 0 Å². The minimum Gasteiger partial charge on any atom is -0.486 e. The second-order valence-electron chi connectivity index (χ2n) is 7.16. The first-order chi connectivity index (χ1) is 11.8. The van der Waals surface area contributed by atoms with E-state index >= 15 is 0 Å². The van der Waals surface area contributed by atoms with Gasteiger partial charge in [0.1, 0.15) is 11.9 Å². The molecule has 2 aromatic carbocycles. The highest BCUT2D eigenvalue weighted by Crippen LogP contribution is 2.29. The highest BCUT2D eigenvalue weighted by molar-refractivity contribution is 5.57. The highest BCUT2D eigenvalue weighted by atomic mass is 16.5. The Balaban J connectivity index is 1.38. The molecule has 24 heavy (non-hydrogen) atoms. The molecule has 0 bridgehead atoms. The molecule has 2 aromatic rings. The zero-order chi connectivity index (χ0) is 16.4. The van der Waals surface area contributed by atoms with Gasteiger partial charge in [-0.3, -0.25) is 0 Å². The van der Waals surface area contributed by atoms with Gasteiger partial charge >= 0.3 is 0 Å². The van der Waals surface area contributed by atoms with Crippen LogP contribution in [0, 0.1) is 5.92 Å². The molecule has 0 aromatic heterocycles. The zero-order valence-corrected chi connectivity index (χ0v) is 14.4. The number of anilines is 2. The lowest BCUT2D eigenvalue weighted by Gasteiger charge is -2.32. The van der Waals surface area contributed by atoms with Crippen molar-refractivity contribution in [3.8, 4) is 5.75 Å². The molecule has 1 atom stereocenters. The Morgan fingerprint density at radius 3 is 2.58 bits per heavy atom. The van der Waals surface area contributed by atoms with Crippen LogP contribution in [0.25, 0.3) is 0 Å². The van der Waals surface area contributed by atoms with Gasteiger partial charge in [-0.15, -0.1) is 0 Å². The lowest BCUT2D eigenvalue weighted by atomic mass is 9.98. The van der Waals surface area contributed by atoms with Crippen LogP contribution in [0.3, 0.4) is 0 Å². The summed E-state index contributed by atoms with van der Waals surface area (Å²) < 4.78 is 6.12. The van der Waals surface area contributed by atoms with Crippen molar-refractivity contribution in [1.82, 2.24) is 0 Å². The third kappa shape index (κ3) is 3.35. The Labute approximate surface area is 144 Å². The molecule has 4 rings (SSSR count). The smallest absolute Gasteiger partial charge is 0.142 e. The molecular weight excluding hydrogens is 296 g/mol. The first-order valence-electron chi connectivity index (χ1n) is 9.11. The molecule has 0 aliphatic carbocycles. The molecule has 2 aliphatic rings. The Morgan fingerprint density at radius 1 is 1.04 bits per heavy atom. The van der Waals surface area contributed by atoms with Crippen molar-refractivity contribution in [2.24, 2.45) is 5.92 Å². The number of nitrogens with zero attached hydrogens (tertiary/aromatic N) is 1. The predicted octanol–water partition coefficient (Wildman–Crippen LogP) is 4.34. The Kier molecular flexibility index (Phi) is 4.33. The van der Waals surface area contributed by atoms with E-state index in [2.05, 4.69) is 47.5 Å². The van der Waals surface area contributed by atoms with Gasteiger partial charge in [-0.2, -0.15) is 0 Å². The van der Waals surface area contributed by atoms with Gasteiger partial charge in [0, 0.05) is 25.2 Å². The van der Waals surface area contributed by atoms with Crippen LogP contribution in [0.1, 0.15) is 25.3 Å².